The molecule has 0 unspecified atom stereocenters. The summed E-state index contributed by atoms with van der Waals surface area (Å²) in [5, 5.41) is 12.6. The summed E-state index contributed by atoms with van der Waals surface area (Å²) in [6, 6.07) is 4.19. The number of ether oxygens (including phenoxy) is 1. The maximum atomic E-state index is 15.6. The molecule has 3 N–H and O–H groups in total. The molecule has 0 saturated heterocycles. The fourth-order valence-electron chi connectivity index (χ4n) is 3.90. The largest absolute Gasteiger partial charge is 0.431 e. The molecule has 1 amide bonds. The summed E-state index contributed by atoms with van der Waals surface area (Å²) >= 11 is 0. The van der Waals surface area contributed by atoms with Crippen LogP contribution >= 0.6 is 0 Å². The highest BCUT2D eigenvalue weighted by molar-refractivity contribution is 7.91. The topological polar surface area (TPSA) is 108 Å². The van der Waals surface area contributed by atoms with Gasteiger partial charge in [0.05, 0.1) is 17.0 Å². The van der Waals surface area contributed by atoms with E-state index in [0.29, 0.717) is 12.8 Å². The molecule has 0 aromatic heterocycles. The first kappa shape index (κ1) is 27.1. The van der Waals surface area contributed by atoms with Gasteiger partial charge in [0.1, 0.15) is 29.5 Å². The molecule has 2 fully saturated rings. The highest BCUT2D eigenvalue weighted by atomic mass is 32.2. The maximum Gasteiger partial charge on any atom is 0.417 e. The molecule has 0 heterocycles. The van der Waals surface area contributed by atoms with Crippen molar-refractivity contribution < 1.29 is 35.5 Å². The molecule has 2 aromatic rings. The number of sulfone groups is 1. The van der Waals surface area contributed by atoms with Crippen LogP contribution in [-0.2, 0) is 14.6 Å². The van der Waals surface area contributed by atoms with E-state index in [0.717, 1.165) is 67.6 Å². The highest BCUT2D eigenvalue weighted by Crippen LogP contribution is 2.36. The summed E-state index contributed by atoms with van der Waals surface area (Å²) in [5.41, 5.74) is -1.10. The summed E-state index contributed by atoms with van der Waals surface area (Å²) in [4.78, 5) is 13.2. The summed E-state index contributed by atoms with van der Waals surface area (Å²) in [6.45, 7) is 0. The monoisotopic (exact) mass is 541 g/mol. The second-order valence-electron chi connectivity index (χ2n) is 9.63. The Balaban J connectivity index is 1.65. The number of carbonyl (C=O) groups excluding carboxylic acids is 1. The number of halogens is 4. The van der Waals surface area contributed by atoms with Crippen molar-refractivity contribution in [2.75, 3.05) is 11.5 Å². The molecular weight excluding hydrogens is 514 g/mol. The minimum atomic E-state index is -4.08. The van der Waals surface area contributed by atoms with Gasteiger partial charge in [0.2, 0.25) is 5.91 Å². The zero-order chi connectivity index (χ0) is 26.8. The Morgan fingerprint density at radius 3 is 2.16 bits per heavy atom. The van der Waals surface area contributed by atoms with Crippen LogP contribution in [0.3, 0.4) is 0 Å². The van der Waals surface area contributed by atoms with Crippen LogP contribution < -0.4 is 15.4 Å². The number of carbonyl (C=O) groups is 1. The smallest absolute Gasteiger partial charge is 0.417 e. The fourth-order valence-corrected chi connectivity index (χ4v) is 5.84. The van der Waals surface area contributed by atoms with Gasteiger partial charge in [0.15, 0.2) is 9.84 Å². The van der Waals surface area contributed by atoms with Gasteiger partial charge in [-0.2, -0.15) is 8.78 Å². The van der Waals surface area contributed by atoms with Crippen LogP contribution in [0.25, 0.3) is 0 Å². The van der Waals surface area contributed by atoms with E-state index in [4.69, 9.17) is 10.1 Å². The van der Waals surface area contributed by atoms with Crippen molar-refractivity contribution in [3.63, 3.8) is 0 Å². The number of hydrogen-bond donors (Lipinski definition) is 3. The predicted molar refractivity (Wildman–Crippen MR) is 128 cm³/mol. The van der Waals surface area contributed by atoms with Crippen molar-refractivity contribution in [3.05, 3.63) is 65.7 Å². The summed E-state index contributed by atoms with van der Waals surface area (Å²) in [7, 11) is -3.82. The first-order chi connectivity index (χ1) is 17.4. The van der Waals surface area contributed by atoms with Gasteiger partial charge in [-0.1, -0.05) is 12.1 Å². The molecule has 0 radical (unpaired) electrons. The number of hydrogen-bond acceptors (Lipinski definition) is 6. The van der Waals surface area contributed by atoms with Crippen molar-refractivity contribution >= 4 is 22.0 Å². The van der Waals surface area contributed by atoms with E-state index in [1.807, 2.05) is 0 Å². The zero-order valence-corrected chi connectivity index (χ0v) is 20.5. The zero-order valence-electron chi connectivity index (χ0n) is 19.7. The minimum absolute atomic E-state index is 0.0267. The Bertz CT molecular complexity index is 1230. The lowest BCUT2D eigenvalue weighted by atomic mass is 10.0. The fraction of sp³-hybridized carbons (Fsp3) is 0.440. The molecule has 37 heavy (non-hydrogen) atoms. The van der Waals surface area contributed by atoms with Gasteiger partial charge in [-0.25, -0.2) is 17.2 Å². The summed E-state index contributed by atoms with van der Waals surface area (Å²) < 4.78 is 88.4. The van der Waals surface area contributed by atoms with Crippen LogP contribution in [0, 0.1) is 23.0 Å². The molecule has 7 nitrogen and oxygen atoms in total. The molecule has 2 atom stereocenters. The molecule has 200 valence electrons. The number of rotatable bonds is 13. The third-order valence-corrected chi connectivity index (χ3v) is 8.16. The Kier molecular flexibility index (Phi) is 7.61. The van der Waals surface area contributed by atoms with Crippen LogP contribution in [0.4, 0.5) is 17.6 Å². The van der Waals surface area contributed by atoms with Gasteiger partial charge in [0, 0.05) is 6.21 Å². The van der Waals surface area contributed by atoms with E-state index in [1.165, 1.54) is 0 Å². The lowest BCUT2D eigenvalue weighted by Gasteiger charge is -2.32. The minimum Gasteiger partial charge on any atom is -0.431 e. The van der Waals surface area contributed by atoms with Gasteiger partial charge in [-0.3, -0.25) is 10.1 Å². The van der Waals surface area contributed by atoms with E-state index in [1.54, 1.807) is 0 Å². The molecule has 2 aliphatic carbocycles. The molecular formula is C25H27F4N3O4S. The first-order valence-corrected chi connectivity index (χ1v) is 13.6. The third kappa shape index (κ3) is 7.29. The van der Waals surface area contributed by atoms with Gasteiger partial charge >= 0.3 is 6.11 Å². The highest BCUT2D eigenvalue weighted by Gasteiger charge is 2.48. The van der Waals surface area contributed by atoms with Crippen LogP contribution in [0.5, 0.6) is 5.75 Å². The second-order valence-corrected chi connectivity index (χ2v) is 11.8. The van der Waals surface area contributed by atoms with Crippen LogP contribution in [0.15, 0.2) is 48.5 Å². The molecule has 12 heteroatoms. The van der Waals surface area contributed by atoms with Gasteiger partial charge in [0.25, 0.3) is 0 Å². The Labute approximate surface area is 212 Å². The lowest BCUT2D eigenvalue weighted by molar-refractivity contribution is -0.202. The van der Waals surface area contributed by atoms with Crippen molar-refractivity contribution in [2.45, 2.75) is 49.4 Å². The number of nitrogens with one attached hydrogen (secondary N) is 3. The average molecular weight is 542 g/mol. The molecule has 0 bridgehead atoms. The van der Waals surface area contributed by atoms with Gasteiger partial charge in [-0.15, -0.1) is 0 Å². The molecule has 2 aromatic carbocycles. The molecule has 4 rings (SSSR count). The van der Waals surface area contributed by atoms with E-state index >= 15 is 8.78 Å². The molecule has 2 saturated carbocycles. The average Bonchev–Trinajstić information content (AvgIpc) is 3.76. The van der Waals surface area contributed by atoms with Crippen molar-refractivity contribution in [1.82, 2.24) is 10.6 Å². The summed E-state index contributed by atoms with van der Waals surface area (Å²) in [6.07, 6.45) is -0.633. The van der Waals surface area contributed by atoms with Gasteiger partial charge in [-0.05, 0) is 73.6 Å². The number of benzene rings is 2. The van der Waals surface area contributed by atoms with Crippen LogP contribution in [0.2, 0.25) is 0 Å². The molecule has 0 spiro atoms. The second kappa shape index (κ2) is 10.4. The third-order valence-electron chi connectivity index (χ3n) is 6.34. The van der Waals surface area contributed by atoms with E-state index in [9.17, 15) is 22.0 Å². The Hall–Kier alpha value is -2.99. The normalized spacial score (nSPS) is 18.5. The quantitative estimate of drug-likeness (QED) is 0.264. The Morgan fingerprint density at radius 1 is 1.08 bits per heavy atom. The number of alkyl halides is 2. The van der Waals surface area contributed by atoms with Crippen molar-refractivity contribution in [2.24, 2.45) is 5.92 Å². The number of amides is 1. The first-order valence-electron chi connectivity index (χ1n) is 11.8. The Morgan fingerprint density at radius 2 is 1.65 bits per heavy atom. The molecule has 2 aliphatic rings. The predicted octanol–water partition coefficient (Wildman–Crippen LogP) is 3.76. The molecule has 0 aliphatic heterocycles. The van der Waals surface area contributed by atoms with Crippen molar-refractivity contribution in [3.8, 4) is 5.75 Å². The maximum absolute atomic E-state index is 15.6. The van der Waals surface area contributed by atoms with E-state index in [2.05, 4.69) is 10.6 Å². The van der Waals surface area contributed by atoms with E-state index in [-0.39, 0.29) is 23.0 Å². The summed E-state index contributed by atoms with van der Waals surface area (Å²) in [5.74, 6) is -3.53. The standard InChI is InChI=1S/C25H27F4N3O4S/c26-18-5-3-17(4-6-18)22(25(28,29)36-20-9-7-19(27)8-10-20)31-21(14-37(34,35)13-16-1-2-16)23(33)32-24(15-30)11-12-24/h3-10,15-16,21-22,30-31H,1-2,11-14H2,(H,32,33)/t21-,22-/m0/s1. The van der Waals surface area contributed by atoms with Crippen molar-refractivity contribution in [1.29, 1.82) is 5.41 Å². The van der Waals surface area contributed by atoms with E-state index < -0.39 is 56.9 Å². The SMILES string of the molecule is N=CC1(NC(=O)[C@H](CS(=O)(=O)CC2CC2)N[C@@H](c2ccc(F)cc2)C(F)(F)Oc2ccc(F)cc2)CC1. The van der Waals surface area contributed by atoms with Crippen LogP contribution in [-0.4, -0.2) is 49.7 Å². The van der Waals surface area contributed by atoms with Gasteiger partial charge < -0.3 is 15.5 Å². The van der Waals surface area contributed by atoms with Crippen LogP contribution in [0.1, 0.15) is 37.3 Å². The lowest BCUT2D eigenvalue weighted by Crippen LogP contribution is -2.56.